The van der Waals surface area contributed by atoms with Gasteiger partial charge in [0.2, 0.25) is 5.91 Å². The molecule has 0 radical (unpaired) electrons. The highest BCUT2D eigenvalue weighted by Crippen LogP contribution is 2.33. The quantitative estimate of drug-likeness (QED) is 0.415. The first-order valence-corrected chi connectivity index (χ1v) is 11.0. The Morgan fingerprint density at radius 2 is 1.89 bits per heavy atom. The third-order valence-electron chi connectivity index (χ3n) is 5.64. The van der Waals surface area contributed by atoms with Crippen LogP contribution in [0.25, 0.3) is 22.0 Å². The molecule has 2 aromatic heterocycles. The highest BCUT2D eigenvalue weighted by Gasteiger charge is 2.30. The van der Waals surface area contributed by atoms with Crippen LogP contribution in [0, 0.1) is 6.92 Å². The van der Waals surface area contributed by atoms with Crippen molar-refractivity contribution in [2.75, 3.05) is 19.4 Å². The fourth-order valence-corrected chi connectivity index (χ4v) is 3.69. The number of hydrogen-bond donors (Lipinski definition) is 1. The first-order valence-electron chi connectivity index (χ1n) is 11.0. The first kappa shape index (κ1) is 24.2. The first-order chi connectivity index (χ1) is 16.5. The van der Waals surface area contributed by atoms with Crippen molar-refractivity contribution in [2.24, 2.45) is 0 Å². The molecule has 182 valence electrons. The summed E-state index contributed by atoms with van der Waals surface area (Å²) >= 11 is 0. The number of rotatable bonds is 6. The molecule has 0 aliphatic heterocycles. The lowest BCUT2D eigenvalue weighted by molar-refractivity contribution is -0.137. The van der Waals surface area contributed by atoms with Crippen LogP contribution >= 0.6 is 0 Å². The van der Waals surface area contributed by atoms with Gasteiger partial charge in [0.05, 0.1) is 17.3 Å². The fourth-order valence-electron chi connectivity index (χ4n) is 3.69. The number of halogens is 3. The minimum absolute atomic E-state index is 0.0721. The zero-order valence-electron chi connectivity index (χ0n) is 19.8. The van der Waals surface area contributed by atoms with E-state index in [0.717, 1.165) is 28.6 Å². The zero-order valence-corrected chi connectivity index (χ0v) is 19.8. The molecule has 0 bridgehead atoms. The summed E-state index contributed by atoms with van der Waals surface area (Å²) in [6.07, 6.45) is -0.947. The van der Waals surface area contributed by atoms with Gasteiger partial charge in [0.1, 0.15) is 18.2 Å². The predicted molar refractivity (Wildman–Crippen MR) is 128 cm³/mol. The molecule has 10 heteroatoms. The van der Waals surface area contributed by atoms with Crippen molar-refractivity contribution in [1.82, 2.24) is 24.6 Å². The van der Waals surface area contributed by atoms with E-state index in [1.807, 2.05) is 18.2 Å². The number of benzene rings is 2. The molecule has 1 amide bonds. The maximum absolute atomic E-state index is 13.2. The average molecular weight is 483 g/mol. The van der Waals surface area contributed by atoms with Gasteiger partial charge in [-0.25, -0.2) is 9.97 Å². The van der Waals surface area contributed by atoms with E-state index in [9.17, 15) is 18.0 Å². The minimum atomic E-state index is -4.41. The number of likely N-dealkylation sites (N-methyl/N-ethyl adjacent to an activating group) is 1. The third kappa shape index (κ3) is 5.42. The molecule has 0 saturated carbocycles. The van der Waals surface area contributed by atoms with E-state index in [1.54, 1.807) is 51.1 Å². The molecule has 2 aromatic carbocycles. The Morgan fingerprint density at radius 3 is 2.60 bits per heavy atom. The normalized spacial score (nSPS) is 12.5. The summed E-state index contributed by atoms with van der Waals surface area (Å²) in [6.45, 7) is 3.68. The van der Waals surface area contributed by atoms with Crippen molar-refractivity contribution >= 4 is 22.6 Å². The fraction of sp³-hybridized carbons (Fsp3) is 0.280. The SMILES string of the molecule is Cc1nc(N[C@H](C)c2cccc(C(F)(F)F)c2)c2cc(-c3cnn(CC(=O)N(C)C)c3)ccc2n1. The maximum atomic E-state index is 13.2. The number of fused-ring (bicyclic) bond motifs is 1. The Kier molecular flexibility index (Phi) is 6.47. The van der Waals surface area contributed by atoms with E-state index in [4.69, 9.17) is 0 Å². The number of carbonyl (C=O) groups excluding carboxylic acids is 1. The van der Waals surface area contributed by atoms with Crippen LogP contribution in [-0.2, 0) is 17.5 Å². The van der Waals surface area contributed by atoms with Crippen molar-refractivity contribution in [3.05, 3.63) is 71.8 Å². The number of carbonyl (C=O) groups is 1. The lowest BCUT2D eigenvalue weighted by Crippen LogP contribution is -2.26. The molecule has 2 heterocycles. The van der Waals surface area contributed by atoms with Gasteiger partial charge in [-0.05, 0) is 49.2 Å². The van der Waals surface area contributed by atoms with Gasteiger partial charge < -0.3 is 10.2 Å². The van der Waals surface area contributed by atoms with E-state index < -0.39 is 17.8 Å². The smallest absolute Gasteiger partial charge is 0.363 e. The molecular weight excluding hydrogens is 457 g/mol. The Balaban J connectivity index is 1.66. The second-order valence-electron chi connectivity index (χ2n) is 8.56. The van der Waals surface area contributed by atoms with E-state index in [0.29, 0.717) is 22.7 Å². The Hall–Kier alpha value is -3.95. The molecule has 0 aliphatic carbocycles. The summed E-state index contributed by atoms with van der Waals surface area (Å²) in [5.41, 5.74) is 2.17. The molecule has 1 N–H and O–H groups in total. The number of aryl methyl sites for hydroxylation is 1. The Labute approximate surface area is 200 Å². The van der Waals surface area contributed by atoms with Gasteiger partial charge in [0.25, 0.3) is 0 Å². The van der Waals surface area contributed by atoms with E-state index in [2.05, 4.69) is 20.4 Å². The average Bonchev–Trinajstić information content (AvgIpc) is 3.26. The summed E-state index contributed by atoms with van der Waals surface area (Å²) in [6, 6.07) is 10.5. The Morgan fingerprint density at radius 1 is 1.11 bits per heavy atom. The summed E-state index contributed by atoms with van der Waals surface area (Å²) in [5.74, 6) is 0.991. The topological polar surface area (TPSA) is 75.9 Å². The van der Waals surface area contributed by atoms with Gasteiger partial charge in [-0.15, -0.1) is 0 Å². The largest absolute Gasteiger partial charge is 0.416 e. The summed E-state index contributed by atoms with van der Waals surface area (Å²) < 4.78 is 41.1. The van der Waals surface area contributed by atoms with E-state index in [-0.39, 0.29) is 12.5 Å². The predicted octanol–water partition coefficient (Wildman–Crippen LogP) is 5.08. The van der Waals surface area contributed by atoms with Crippen LogP contribution in [0.3, 0.4) is 0 Å². The summed E-state index contributed by atoms with van der Waals surface area (Å²) in [4.78, 5) is 22.5. The number of hydrogen-bond acceptors (Lipinski definition) is 5. The zero-order chi connectivity index (χ0) is 25.3. The van der Waals surface area contributed by atoms with Gasteiger partial charge in [-0.2, -0.15) is 18.3 Å². The second kappa shape index (κ2) is 9.36. The van der Waals surface area contributed by atoms with Gasteiger partial charge in [0.15, 0.2) is 0 Å². The molecule has 0 fully saturated rings. The lowest BCUT2D eigenvalue weighted by atomic mass is 10.0. The maximum Gasteiger partial charge on any atom is 0.416 e. The van der Waals surface area contributed by atoms with Gasteiger partial charge in [-0.3, -0.25) is 9.48 Å². The highest BCUT2D eigenvalue weighted by atomic mass is 19.4. The molecule has 4 rings (SSSR count). The summed E-state index contributed by atoms with van der Waals surface area (Å²) in [7, 11) is 3.37. The van der Waals surface area contributed by atoms with Gasteiger partial charge >= 0.3 is 6.18 Å². The minimum Gasteiger partial charge on any atom is -0.363 e. The van der Waals surface area contributed by atoms with Gasteiger partial charge in [-0.1, -0.05) is 18.2 Å². The molecule has 35 heavy (non-hydrogen) atoms. The molecule has 7 nitrogen and oxygen atoms in total. The van der Waals surface area contributed by atoms with Crippen LogP contribution in [0.15, 0.2) is 54.9 Å². The second-order valence-corrected chi connectivity index (χ2v) is 8.56. The third-order valence-corrected chi connectivity index (χ3v) is 5.64. The Bertz CT molecular complexity index is 1380. The van der Waals surface area contributed by atoms with Crippen LogP contribution in [0.2, 0.25) is 0 Å². The number of nitrogens with one attached hydrogen (secondary N) is 1. The van der Waals surface area contributed by atoms with Crippen LogP contribution in [0.4, 0.5) is 19.0 Å². The van der Waals surface area contributed by atoms with Crippen molar-refractivity contribution in [3.8, 4) is 11.1 Å². The molecule has 4 aromatic rings. The van der Waals surface area contributed by atoms with Crippen LogP contribution in [-0.4, -0.2) is 44.7 Å². The van der Waals surface area contributed by atoms with Crippen LogP contribution < -0.4 is 5.32 Å². The number of aromatic nitrogens is 4. The van der Waals surface area contributed by atoms with Crippen molar-refractivity contribution < 1.29 is 18.0 Å². The van der Waals surface area contributed by atoms with Crippen molar-refractivity contribution in [1.29, 1.82) is 0 Å². The van der Waals surface area contributed by atoms with Crippen molar-refractivity contribution in [2.45, 2.75) is 32.6 Å². The number of alkyl halides is 3. The lowest BCUT2D eigenvalue weighted by Gasteiger charge is -2.18. The number of anilines is 1. The molecule has 0 aliphatic rings. The molecule has 0 spiro atoms. The highest BCUT2D eigenvalue weighted by molar-refractivity contribution is 5.92. The standard InChI is InChI=1S/C25H25F3N6O/c1-15(17-6-5-7-20(10-17)25(26,27)28)30-24-21-11-18(8-9-22(21)31-16(2)32-24)19-12-29-34(13-19)14-23(35)33(3)4/h5-13,15H,14H2,1-4H3,(H,30,31,32)/t15-/m1/s1. The monoisotopic (exact) mass is 482 g/mol. The summed E-state index contributed by atoms with van der Waals surface area (Å²) in [5, 5.41) is 8.26. The van der Waals surface area contributed by atoms with Gasteiger partial charge in [0, 0.05) is 37.3 Å². The number of amides is 1. The molecule has 0 unspecified atom stereocenters. The molecule has 1 atom stereocenters. The molecule has 0 saturated heterocycles. The van der Waals surface area contributed by atoms with Crippen LogP contribution in [0.5, 0.6) is 0 Å². The van der Waals surface area contributed by atoms with E-state index in [1.165, 1.54) is 11.0 Å². The van der Waals surface area contributed by atoms with E-state index >= 15 is 0 Å². The van der Waals surface area contributed by atoms with Crippen molar-refractivity contribution in [3.63, 3.8) is 0 Å². The number of nitrogens with zero attached hydrogens (tertiary/aromatic N) is 5. The van der Waals surface area contributed by atoms with Crippen LogP contribution in [0.1, 0.15) is 29.9 Å². The molecular formula is C25H25F3N6O.